The molecule has 0 fully saturated rings. The Morgan fingerprint density at radius 3 is 2.48 bits per heavy atom. The van der Waals surface area contributed by atoms with Gasteiger partial charge in [-0.3, -0.25) is 0 Å². The van der Waals surface area contributed by atoms with Crippen molar-refractivity contribution in [3.63, 3.8) is 0 Å². The Labute approximate surface area is 186 Å². The Hall–Kier alpha value is -4.05. The van der Waals surface area contributed by atoms with Crippen LogP contribution in [0.4, 0.5) is 0 Å². The van der Waals surface area contributed by atoms with E-state index in [0.29, 0.717) is 34.1 Å². The molecule has 0 saturated carbocycles. The van der Waals surface area contributed by atoms with Crippen LogP contribution in [0.25, 0.3) is 22.4 Å². The van der Waals surface area contributed by atoms with Gasteiger partial charge in [0.05, 0.1) is 23.3 Å². The quantitative estimate of drug-likeness (QED) is 0.258. The van der Waals surface area contributed by atoms with Gasteiger partial charge in [0.2, 0.25) is 0 Å². The van der Waals surface area contributed by atoms with Gasteiger partial charge in [-0.05, 0) is 58.3 Å². The summed E-state index contributed by atoms with van der Waals surface area (Å²) in [7, 11) is 0. The molecule has 0 aliphatic carbocycles. The van der Waals surface area contributed by atoms with E-state index in [2.05, 4.69) is 12.1 Å². The number of hydrogen-bond donors (Lipinski definition) is 0. The lowest BCUT2D eigenvalue weighted by molar-refractivity contribution is 0.306. The molecule has 3 nitrogen and oxygen atoms in total. The Kier molecular flexibility index (Phi) is 5.99. The molecule has 4 rings (SSSR count). The molecule has 4 aromatic carbocycles. The number of rotatable bonds is 5. The lowest BCUT2D eigenvalue weighted by atomic mass is 9.98. The highest BCUT2D eigenvalue weighted by molar-refractivity contribution is 6.30. The molecular weight excluding hydrogens is 404 g/mol. The fourth-order valence-electron chi connectivity index (χ4n) is 3.37. The van der Waals surface area contributed by atoms with Crippen LogP contribution in [0.1, 0.15) is 22.3 Å². The monoisotopic (exact) mass is 420 g/mol. The largest absolute Gasteiger partial charge is 0.488 e. The Bertz CT molecular complexity index is 1360. The standard InChI is InChI=1S/C27H17ClN2O/c28-24-11-8-19(9-12-24)18-31-27-13-10-21-5-1-2-7-25(21)26(27)15-23(17-30)22-6-3-4-20(14-22)16-29/h1-15H,18H2/b23-15-. The van der Waals surface area contributed by atoms with Crippen LogP contribution in [-0.2, 0) is 6.61 Å². The maximum atomic E-state index is 9.85. The number of fused-ring (bicyclic) bond motifs is 1. The average molecular weight is 421 g/mol. The highest BCUT2D eigenvalue weighted by Gasteiger charge is 2.11. The van der Waals surface area contributed by atoms with Crippen molar-refractivity contribution in [3.8, 4) is 17.9 Å². The lowest BCUT2D eigenvalue weighted by Crippen LogP contribution is -1.98. The molecule has 0 saturated heterocycles. The van der Waals surface area contributed by atoms with E-state index in [9.17, 15) is 10.5 Å². The molecule has 4 aromatic rings. The van der Waals surface area contributed by atoms with Crippen molar-refractivity contribution in [1.82, 2.24) is 0 Å². The van der Waals surface area contributed by atoms with E-state index in [1.54, 1.807) is 18.2 Å². The number of ether oxygens (including phenoxy) is 1. The SMILES string of the molecule is N#C/C(=C/c1c(OCc2ccc(Cl)cc2)ccc2ccccc12)c1cccc(C#N)c1. The van der Waals surface area contributed by atoms with Crippen molar-refractivity contribution in [2.45, 2.75) is 6.61 Å². The number of halogens is 1. The number of benzene rings is 4. The van der Waals surface area contributed by atoms with Crippen LogP contribution in [0.5, 0.6) is 5.75 Å². The predicted octanol–water partition coefficient (Wildman–Crippen LogP) is 7.01. The van der Waals surface area contributed by atoms with E-state index < -0.39 is 0 Å². The molecule has 0 radical (unpaired) electrons. The van der Waals surface area contributed by atoms with Crippen molar-refractivity contribution in [3.05, 3.63) is 112 Å². The predicted molar refractivity (Wildman–Crippen MR) is 124 cm³/mol. The van der Waals surface area contributed by atoms with Gasteiger partial charge >= 0.3 is 0 Å². The third kappa shape index (κ3) is 4.59. The first kappa shape index (κ1) is 20.2. The summed E-state index contributed by atoms with van der Waals surface area (Å²) in [6.45, 7) is 0.377. The first-order valence-electron chi connectivity index (χ1n) is 9.69. The molecule has 4 heteroatoms. The topological polar surface area (TPSA) is 56.8 Å². The summed E-state index contributed by atoms with van der Waals surface area (Å²) >= 11 is 5.97. The van der Waals surface area contributed by atoms with Gasteiger partial charge in [0.15, 0.2) is 0 Å². The molecule has 0 aromatic heterocycles. The molecule has 0 aliphatic heterocycles. The van der Waals surface area contributed by atoms with Crippen LogP contribution < -0.4 is 4.74 Å². The van der Waals surface area contributed by atoms with E-state index in [4.69, 9.17) is 16.3 Å². The van der Waals surface area contributed by atoms with Gasteiger partial charge in [0, 0.05) is 10.6 Å². The normalized spacial score (nSPS) is 11.0. The van der Waals surface area contributed by atoms with Crippen molar-refractivity contribution >= 4 is 34.0 Å². The van der Waals surface area contributed by atoms with Crippen LogP contribution in [0, 0.1) is 22.7 Å². The third-order valence-corrected chi connectivity index (χ3v) is 5.20. The number of hydrogen-bond acceptors (Lipinski definition) is 3. The highest BCUT2D eigenvalue weighted by Crippen LogP contribution is 2.32. The summed E-state index contributed by atoms with van der Waals surface area (Å²) < 4.78 is 6.15. The van der Waals surface area contributed by atoms with E-state index >= 15 is 0 Å². The van der Waals surface area contributed by atoms with E-state index in [1.807, 2.05) is 72.8 Å². The molecule has 0 amide bonds. The van der Waals surface area contributed by atoms with Gasteiger partial charge < -0.3 is 4.74 Å². The average Bonchev–Trinajstić information content (AvgIpc) is 2.82. The zero-order valence-electron chi connectivity index (χ0n) is 16.5. The molecule has 0 N–H and O–H groups in total. The maximum Gasteiger partial charge on any atom is 0.127 e. The summed E-state index contributed by atoms with van der Waals surface area (Å²) in [5.74, 6) is 0.679. The Balaban J connectivity index is 1.79. The molecule has 0 unspecified atom stereocenters. The molecule has 0 aliphatic rings. The highest BCUT2D eigenvalue weighted by atomic mass is 35.5. The van der Waals surface area contributed by atoms with Crippen LogP contribution in [-0.4, -0.2) is 0 Å². The summed E-state index contributed by atoms with van der Waals surface area (Å²) in [5.41, 5.74) is 3.49. The van der Waals surface area contributed by atoms with Crippen LogP contribution in [0.15, 0.2) is 84.9 Å². The smallest absolute Gasteiger partial charge is 0.127 e. The van der Waals surface area contributed by atoms with Crippen molar-refractivity contribution < 1.29 is 4.74 Å². The second kappa shape index (κ2) is 9.18. The minimum Gasteiger partial charge on any atom is -0.488 e. The summed E-state index contributed by atoms with van der Waals surface area (Å²) in [6, 6.07) is 30.9. The number of nitriles is 2. The molecular formula is C27H17ClN2O. The van der Waals surface area contributed by atoms with E-state index in [1.165, 1.54) is 0 Å². The molecule has 0 bridgehead atoms. The molecule has 31 heavy (non-hydrogen) atoms. The minimum atomic E-state index is 0.377. The maximum absolute atomic E-state index is 9.85. The van der Waals surface area contributed by atoms with Gasteiger partial charge in [0.1, 0.15) is 12.4 Å². The van der Waals surface area contributed by atoms with Crippen molar-refractivity contribution in [2.24, 2.45) is 0 Å². The third-order valence-electron chi connectivity index (χ3n) is 4.95. The molecule has 0 atom stereocenters. The fraction of sp³-hybridized carbons (Fsp3) is 0.0370. The second-order valence-electron chi connectivity index (χ2n) is 6.98. The fourth-order valence-corrected chi connectivity index (χ4v) is 3.50. The van der Waals surface area contributed by atoms with Gasteiger partial charge in [0.25, 0.3) is 0 Å². The summed E-state index contributed by atoms with van der Waals surface area (Å²) in [6.07, 6.45) is 1.83. The molecule has 0 heterocycles. The van der Waals surface area contributed by atoms with Gasteiger partial charge in [-0.2, -0.15) is 10.5 Å². The van der Waals surface area contributed by atoms with E-state index in [-0.39, 0.29) is 0 Å². The Morgan fingerprint density at radius 2 is 1.71 bits per heavy atom. The van der Waals surface area contributed by atoms with Crippen LogP contribution in [0.3, 0.4) is 0 Å². The zero-order valence-corrected chi connectivity index (χ0v) is 17.3. The Morgan fingerprint density at radius 1 is 0.903 bits per heavy atom. The van der Waals surface area contributed by atoms with Crippen molar-refractivity contribution in [1.29, 1.82) is 10.5 Å². The van der Waals surface area contributed by atoms with E-state index in [0.717, 1.165) is 21.9 Å². The van der Waals surface area contributed by atoms with Crippen LogP contribution >= 0.6 is 11.6 Å². The molecule has 148 valence electrons. The second-order valence-corrected chi connectivity index (χ2v) is 7.41. The van der Waals surface area contributed by atoms with Crippen molar-refractivity contribution in [2.75, 3.05) is 0 Å². The number of allylic oxidation sites excluding steroid dienone is 1. The lowest BCUT2D eigenvalue weighted by Gasteiger charge is -2.13. The van der Waals surface area contributed by atoms with Crippen LogP contribution in [0.2, 0.25) is 5.02 Å². The van der Waals surface area contributed by atoms with Gasteiger partial charge in [-0.15, -0.1) is 0 Å². The number of nitrogens with zero attached hydrogens (tertiary/aromatic N) is 2. The zero-order chi connectivity index (χ0) is 21.6. The summed E-state index contributed by atoms with van der Waals surface area (Å²) in [4.78, 5) is 0. The summed E-state index contributed by atoms with van der Waals surface area (Å²) in [5, 5.41) is 21.8. The first-order valence-corrected chi connectivity index (χ1v) is 10.1. The minimum absolute atomic E-state index is 0.377. The van der Waals surface area contributed by atoms with Gasteiger partial charge in [-0.25, -0.2) is 0 Å². The molecule has 0 spiro atoms. The first-order chi connectivity index (χ1) is 15.2. The van der Waals surface area contributed by atoms with Gasteiger partial charge in [-0.1, -0.05) is 66.2 Å².